The number of likely N-dealkylation sites (tertiary alicyclic amines) is 1. The molecule has 116 valence electrons. The molecule has 1 fully saturated rings. The highest BCUT2D eigenvalue weighted by atomic mass is 16.2. The number of nitrogens with one attached hydrogen (secondary N) is 1. The van der Waals surface area contributed by atoms with Crippen molar-refractivity contribution in [1.29, 1.82) is 5.26 Å². The standard InChI is InChI=1S/C17H15N3O3/c18-9-11-4-3-5-12(8-11)19-15(21)10-20-16(22)13-6-1-2-7-14(13)17(20)23/h1-5,8,13-14H,6-7,10H2,(H,19,21)/t13-,14-/m1/s1. The third-order valence-electron chi connectivity index (χ3n) is 4.18. The zero-order valence-corrected chi connectivity index (χ0v) is 12.4. The van der Waals surface area contributed by atoms with Crippen molar-refractivity contribution >= 4 is 23.4 Å². The smallest absolute Gasteiger partial charge is 0.244 e. The van der Waals surface area contributed by atoms with Gasteiger partial charge in [0.25, 0.3) is 0 Å². The first-order valence-electron chi connectivity index (χ1n) is 7.40. The third kappa shape index (κ3) is 2.86. The summed E-state index contributed by atoms with van der Waals surface area (Å²) in [6, 6.07) is 8.45. The van der Waals surface area contributed by atoms with Crippen molar-refractivity contribution in [2.75, 3.05) is 11.9 Å². The van der Waals surface area contributed by atoms with Crippen LogP contribution in [0.5, 0.6) is 0 Å². The van der Waals surface area contributed by atoms with E-state index >= 15 is 0 Å². The molecule has 1 heterocycles. The summed E-state index contributed by atoms with van der Waals surface area (Å²) in [6.45, 7) is -0.290. The molecular formula is C17H15N3O3. The molecule has 1 aromatic carbocycles. The van der Waals surface area contributed by atoms with Gasteiger partial charge in [0.15, 0.2) is 0 Å². The van der Waals surface area contributed by atoms with Crippen LogP contribution in [0.15, 0.2) is 36.4 Å². The predicted octanol–water partition coefficient (Wildman–Crippen LogP) is 1.45. The first-order chi connectivity index (χ1) is 11.1. The van der Waals surface area contributed by atoms with E-state index in [0.717, 1.165) is 4.90 Å². The molecule has 2 atom stereocenters. The summed E-state index contributed by atoms with van der Waals surface area (Å²) in [5, 5.41) is 11.5. The second kappa shape index (κ2) is 6.05. The SMILES string of the molecule is N#Cc1cccc(NC(=O)CN2C(=O)[C@@H]3CC=CC[C@H]3C2=O)c1. The van der Waals surface area contributed by atoms with Crippen molar-refractivity contribution in [3.05, 3.63) is 42.0 Å². The normalized spacial score (nSPS) is 22.7. The van der Waals surface area contributed by atoms with Crippen molar-refractivity contribution < 1.29 is 14.4 Å². The Bertz CT molecular complexity index is 722. The number of allylic oxidation sites excluding steroid dienone is 2. The monoisotopic (exact) mass is 309 g/mol. The first kappa shape index (κ1) is 15.0. The molecule has 0 bridgehead atoms. The van der Waals surface area contributed by atoms with Gasteiger partial charge >= 0.3 is 0 Å². The van der Waals surface area contributed by atoms with Gasteiger partial charge in [-0.2, -0.15) is 5.26 Å². The number of nitrogens with zero attached hydrogens (tertiary/aromatic N) is 2. The molecule has 6 heteroatoms. The van der Waals surface area contributed by atoms with Crippen LogP contribution in [-0.2, 0) is 14.4 Å². The summed E-state index contributed by atoms with van der Waals surface area (Å²) in [7, 11) is 0. The molecule has 3 rings (SSSR count). The van der Waals surface area contributed by atoms with Gasteiger partial charge in [-0.3, -0.25) is 19.3 Å². The van der Waals surface area contributed by atoms with Gasteiger partial charge in [0.2, 0.25) is 17.7 Å². The second-order valence-corrected chi connectivity index (χ2v) is 5.66. The minimum absolute atomic E-state index is 0.273. The van der Waals surface area contributed by atoms with E-state index < -0.39 is 5.91 Å². The zero-order valence-electron chi connectivity index (χ0n) is 12.4. The van der Waals surface area contributed by atoms with E-state index in [4.69, 9.17) is 5.26 Å². The highest BCUT2D eigenvalue weighted by molar-refractivity contribution is 6.08. The number of carbonyl (C=O) groups is 3. The van der Waals surface area contributed by atoms with E-state index in [1.807, 2.05) is 18.2 Å². The van der Waals surface area contributed by atoms with Gasteiger partial charge in [-0.25, -0.2) is 0 Å². The van der Waals surface area contributed by atoms with Gasteiger partial charge < -0.3 is 5.32 Å². The summed E-state index contributed by atoms with van der Waals surface area (Å²) in [4.78, 5) is 37.7. The Morgan fingerprint density at radius 3 is 2.48 bits per heavy atom. The molecule has 0 aromatic heterocycles. The van der Waals surface area contributed by atoms with E-state index in [2.05, 4.69) is 5.32 Å². The average molecular weight is 309 g/mol. The topological polar surface area (TPSA) is 90.3 Å². The summed E-state index contributed by atoms with van der Waals surface area (Å²) < 4.78 is 0. The molecular weight excluding hydrogens is 294 g/mol. The van der Waals surface area contributed by atoms with Crippen LogP contribution < -0.4 is 5.32 Å². The molecule has 1 aliphatic heterocycles. The minimum Gasteiger partial charge on any atom is -0.324 e. The number of nitriles is 1. The molecule has 1 N–H and O–H groups in total. The summed E-state index contributed by atoms with van der Waals surface area (Å²) in [6.07, 6.45) is 4.92. The maximum atomic E-state index is 12.3. The molecule has 23 heavy (non-hydrogen) atoms. The largest absolute Gasteiger partial charge is 0.324 e. The fraction of sp³-hybridized carbons (Fsp3) is 0.294. The van der Waals surface area contributed by atoms with Gasteiger partial charge in [0, 0.05) is 5.69 Å². The van der Waals surface area contributed by atoms with Crippen molar-refractivity contribution in [1.82, 2.24) is 4.90 Å². The Morgan fingerprint density at radius 2 is 1.87 bits per heavy atom. The number of anilines is 1. The van der Waals surface area contributed by atoms with Crippen LogP contribution in [-0.4, -0.2) is 29.2 Å². The summed E-state index contributed by atoms with van der Waals surface area (Å²) >= 11 is 0. The van der Waals surface area contributed by atoms with E-state index in [1.54, 1.807) is 18.2 Å². The predicted molar refractivity (Wildman–Crippen MR) is 81.9 cm³/mol. The van der Waals surface area contributed by atoms with Crippen molar-refractivity contribution in [2.24, 2.45) is 11.8 Å². The lowest BCUT2D eigenvalue weighted by molar-refractivity contribution is -0.142. The molecule has 0 unspecified atom stereocenters. The first-order valence-corrected chi connectivity index (χ1v) is 7.40. The molecule has 1 saturated heterocycles. The number of fused-ring (bicyclic) bond motifs is 1. The van der Waals surface area contributed by atoms with E-state index in [-0.39, 0.29) is 30.2 Å². The second-order valence-electron chi connectivity index (χ2n) is 5.66. The Labute approximate surface area is 133 Å². The van der Waals surface area contributed by atoms with Crippen molar-refractivity contribution in [3.8, 4) is 6.07 Å². The van der Waals surface area contributed by atoms with Crippen molar-refractivity contribution in [2.45, 2.75) is 12.8 Å². The van der Waals surface area contributed by atoms with Gasteiger partial charge in [-0.1, -0.05) is 18.2 Å². The lowest BCUT2D eigenvalue weighted by Crippen LogP contribution is -2.38. The zero-order chi connectivity index (χ0) is 16.4. The molecule has 1 aliphatic carbocycles. The summed E-state index contributed by atoms with van der Waals surface area (Å²) in [5.74, 6) is -1.66. The molecule has 0 spiro atoms. The van der Waals surface area contributed by atoms with Crippen molar-refractivity contribution in [3.63, 3.8) is 0 Å². The molecule has 1 aromatic rings. The van der Waals surface area contributed by atoms with E-state index in [9.17, 15) is 14.4 Å². The molecule has 0 radical (unpaired) electrons. The lowest BCUT2D eigenvalue weighted by atomic mass is 9.85. The average Bonchev–Trinajstić information content (AvgIpc) is 2.80. The highest BCUT2D eigenvalue weighted by Crippen LogP contribution is 2.34. The van der Waals surface area contributed by atoms with Gasteiger partial charge in [-0.05, 0) is 31.0 Å². The summed E-state index contributed by atoms with van der Waals surface area (Å²) in [5.41, 5.74) is 0.889. The fourth-order valence-electron chi connectivity index (χ4n) is 3.04. The Balaban J connectivity index is 1.67. The van der Waals surface area contributed by atoms with Crippen LogP contribution in [0.3, 0.4) is 0 Å². The van der Waals surface area contributed by atoms with Crippen LogP contribution in [0.4, 0.5) is 5.69 Å². The number of hydrogen-bond donors (Lipinski definition) is 1. The molecule has 2 aliphatic rings. The number of rotatable bonds is 3. The fourth-order valence-corrected chi connectivity index (χ4v) is 3.04. The lowest BCUT2D eigenvalue weighted by Gasteiger charge is -2.14. The van der Waals surface area contributed by atoms with Gasteiger partial charge in [0.05, 0.1) is 23.5 Å². The molecule has 6 nitrogen and oxygen atoms in total. The quantitative estimate of drug-likeness (QED) is 0.676. The van der Waals surface area contributed by atoms with Crippen LogP contribution >= 0.6 is 0 Å². The number of carbonyl (C=O) groups excluding carboxylic acids is 3. The van der Waals surface area contributed by atoms with Crippen LogP contribution in [0.2, 0.25) is 0 Å². The van der Waals surface area contributed by atoms with Gasteiger partial charge in [-0.15, -0.1) is 0 Å². The number of amides is 3. The number of imide groups is 1. The van der Waals surface area contributed by atoms with Crippen LogP contribution in [0.25, 0.3) is 0 Å². The number of benzene rings is 1. The highest BCUT2D eigenvalue weighted by Gasteiger charge is 2.47. The van der Waals surface area contributed by atoms with Crippen LogP contribution in [0, 0.1) is 23.2 Å². The Hall–Kier alpha value is -2.94. The van der Waals surface area contributed by atoms with Gasteiger partial charge in [0.1, 0.15) is 6.54 Å². The van der Waals surface area contributed by atoms with E-state index in [1.165, 1.54) is 6.07 Å². The Kier molecular flexibility index (Phi) is 3.94. The minimum atomic E-state index is -0.451. The Morgan fingerprint density at radius 1 is 1.22 bits per heavy atom. The molecule has 0 saturated carbocycles. The maximum Gasteiger partial charge on any atom is 0.244 e. The third-order valence-corrected chi connectivity index (χ3v) is 4.18. The molecule has 3 amide bonds. The maximum absolute atomic E-state index is 12.3. The van der Waals surface area contributed by atoms with Crippen LogP contribution in [0.1, 0.15) is 18.4 Å². The number of hydrogen-bond acceptors (Lipinski definition) is 4. The van der Waals surface area contributed by atoms with E-state index in [0.29, 0.717) is 24.1 Å².